The summed E-state index contributed by atoms with van der Waals surface area (Å²) in [5.74, 6) is 0.849. The van der Waals surface area contributed by atoms with Crippen molar-refractivity contribution in [2.24, 2.45) is 0 Å². The molecule has 0 fully saturated rings. The minimum Gasteiger partial charge on any atom is -0.496 e. The summed E-state index contributed by atoms with van der Waals surface area (Å²) in [5.41, 5.74) is 3.15. The Kier molecular flexibility index (Phi) is 5.38. The summed E-state index contributed by atoms with van der Waals surface area (Å²) >= 11 is 0. The molecule has 0 spiro atoms. The van der Waals surface area contributed by atoms with E-state index in [9.17, 15) is 4.57 Å². The molecule has 0 radical (unpaired) electrons. The maximum absolute atomic E-state index is 14.6. The number of hydrogen-bond donors (Lipinski definition) is 0. The Morgan fingerprint density at radius 2 is 1.17 bits per heavy atom. The van der Waals surface area contributed by atoms with Crippen molar-refractivity contribution in [2.45, 2.75) is 6.92 Å². The number of hydrogen-bond acceptors (Lipinski definition) is 2. The van der Waals surface area contributed by atoms with Gasteiger partial charge in [-0.15, -0.1) is 0 Å². The van der Waals surface area contributed by atoms with E-state index in [4.69, 9.17) is 4.74 Å². The van der Waals surface area contributed by atoms with E-state index in [0.717, 1.165) is 38.4 Å². The molecule has 3 heteroatoms. The van der Waals surface area contributed by atoms with E-state index in [0.29, 0.717) is 0 Å². The van der Waals surface area contributed by atoms with Gasteiger partial charge in [-0.05, 0) is 35.7 Å². The zero-order chi connectivity index (χ0) is 20.3. The third-order valence-corrected chi connectivity index (χ3v) is 8.25. The van der Waals surface area contributed by atoms with Crippen LogP contribution in [0.4, 0.5) is 0 Å². The van der Waals surface area contributed by atoms with Gasteiger partial charge in [0, 0.05) is 15.9 Å². The van der Waals surface area contributed by atoms with Gasteiger partial charge in [-0.2, -0.15) is 0 Å². The van der Waals surface area contributed by atoms with Crippen molar-refractivity contribution in [1.82, 2.24) is 0 Å². The molecule has 0 aromatic heterocycles. The molecular formula is C26H23O2P. The number of benzene rings is 4. The average molecular weight is 398 g/mol. The Morgan fingerprint density at radius 3 is 1.76 bits per heavy atom. The molecule has 0 unspecified atom stereocenters. The molecule has 0 N–H and O–H groups in total. The predicted molar refractivity (Wildman–Crippen MR) is 123 cm³/mol. The molecule has 4 aromatic carbocycles. The van der Waals surface area contributed by atoms with Crippen molar-refractivity contribution in [3.05, 3.63) is 109 Å². The number of aryl methyl sites for hydroxylation is 1. The van der Waals surface area contributed by atoms with E-state index in [-0.39, 0.29) is 0 Å². The molecule has 144 valence electrons. The molecule has 0 amide bonds. The van der Waals surface area contributed by atoms with E-state index in [1.807, 2.05) is 97.9 Å². The quantitative estimate of drug-likeness (QED) is 0.426. The summed E-state index contributed by atoms with van der Waals surface area (Å²) < 4.78 is 20.0. The summed E-state index contributed by atoms with van der Waals surface area (Å²) in [5, 5.41) is 2.50. The Hall–Kier alpha value is -3.09. The number of ether oxygens (including phenoxy) is 1. The first-order valence-corrected chi connectivity index (χ1v) is 11.3. The Morgan fingerprint density at radius 1 is 0.621 bits per heavy atom. The Labute approximate surface area is 172 Å². The van der Waals surface area contributed by atoms with Crippen molar-refractivity contribution >= 4 is 23.1 Å². The third kappa shape index (κ3) is 3.64. The molecule has 29 heavy (non-hydrogen) atoms. The van der Waals surface area contributed by atoms with Crippen LogP contribution in [0.5, 0.6) is 5.75 Å². The second-order valence-corrected chi connectivity index (χ2v) is 9.78. The van der Waals surface area contributed by atoms with E-state index in [1.165, 1.54) is 0 Å². The summed E-state index contributed by atoms with van der Waals surface area (Å²) in [6, 6.07) is 33.7. The van der Waals surface area contributed by atoms with Gasteiger partial charge in [0.1, 0.15) is 5.75 Å². The largest absolute Gasteiger partial charge is 0.496 e. The van der Waals surface area contributed by atoms with Gasteiger partial charge in [-0.1, -0.05) is 91.0 Å². The molecule has 0 heterocycles. The first-order valence-electron chi connectivity index (χ1n) is 9.60. The fourth-order valence-electron chi connectivity index (χ4n) is 3.60. The lowest BCUT2D eigenvalue weighted by Gasteiger charge is -2.20. The van der Waals surface area contributed by atoms with Crippen LogP contribution in [-0.4, -0.2) is 7.11 Å². The minimum absolute atomic E-state index is 0.826. The molecule has 4 aromatic rings. The third-order valence-electron chi connectivity index (χ3n) is 5.19. The highest BCUT2D eigenvalue weighted by atomic mass is 31.2. The second kappa shape index (κ2) is 8.11. The molecule has 0 saturated carbocycles. The van der Waals surface area contributed by atoms with Gasteiger partial charge in [0.25, 0.3) is 0 Å². The van der Waals surface area contributed by atoms with E-state index in [1.54, 1.807) is 7.11 Å². The molecule has 0 saturated heterocycles. The van der Waals surface area contributed by atoms with E-state index in [2.05, 4.69) is 12.1 Å². The maximum Gasteiger partial charge on any atom is 0.171 e. The summed E-state index contributed by atoms with van der Waals surface area (Å²) in [6.07, 6.45) is 0. The van der Waals surface area contributed by atoms with Gasteiger partial charge >= 0.3 is 0 Å². The van der Waals surface area contributed by atoms with Crippen LogP contribution < -0.4 is 20.7 Å². The lowest BCUT2D eigenvalue weighted by molar-refractivity contribution is 0.412. The normalized spacial score (nSPS) is 11.2. The van der Waals surface area contributed by atoms with Gasteiger partial charge in [0.05, 0.1) is 7.11 Å². The highest BCUT2D eigenvalue weighted by molar-refractivity contribution is 7.85. The van der Waals surface area contributed by atoms with E-state index >= 15 is 0 Å². The molecule has 0 aliphatic carbocycles. The van der Waals surface area contributed by atoms with Gasteiger partial charge in [-0.25, -0.2) is 0 Å². The van der Waals surface area contributed by atoms with Crippen LogP contribution in [0, 0.1) is 6.92 Å². The fraction of sp³-hybridized carbons (Fsp3) is 0.0769. The van der Waals surface area contributed by atoms with Gasteiger partial charge in [-0.3, -0.25) is 0 Å². The molecule has 0 aliphatic heterocycles. The van der Waals surface area contributed by atoms with Gasteiger partial charge in [0.2, 0.25) is 0 Å². The molecule has 0 bridgehead atoms. The zero-order valence-corrected chi connectivity index (χ0v) is 17.5. The van der Waals surface area contributed by atoms with Crippen molar-refractivity contribution in [1.29, 1.82) is 0 Å². The highest BCUT2D eigenvalue weighted by Gasteiger charge is 2.29. The summed E-state index contributed by atoms with van der Waals surface area (Å²) in [7, 11) is -1.30. The van der Waals surface area contributed by atoms with Crippen LogP contribution in [0.1, 0.15) is 5.56 Å². The van der Waals surface area contributed by atoms with Crippen molar-refractivity contribution in [2.75, 3.05) is 7.11 Å². The maximum atomic E-state index is 14.6. The average Bonchev–Trinajstić information content (AvgIpc) is 2.80. The van der Waals surface area contributed by atoms with Crippen LogP contribution >= 0.6 is 7.14 Å². The highest BCUT2D eigenvalue weighted by Crippen LogP contribution is 2.43. The smallest absolute Gasteiger partial charge is 0.171 e. The Balaban J connectivity index is 1.90. The summed E-state index contributed by atoms with van der Waals surface area (Å²) in [4.78, 5) is 0. The first-order chi connectivity index (χ1) is 14.1. The Bertz CT molecular complexity index is 1120. The molecule has 2 nitrogen and oxygen atoms in total. The van der Waals surface area contributed by atoms with Crippen molar-refractivity contribution < 1.29 is 9.30 Å². The fourth-order valence-corrected chi connectivity index (χ4v) is 6.30. The molecule has 0 atom stereocenters. The van der Waals surface area contributed by atoms with Gasteiger partial charge in [0.15, 0.2) is 7.14 Å². The SMILES string of the molecule is COc1cc(-c2cccc(P(=O)(c3ccccc3)c3ccccc3)c2)ccc1C. The first kappa shape index (κ1) is 19.2. The standard InChI is InChI=1S/C26H23O2P/c1-20-16-17-22(19-26(20)28-2)21-10-9-15-25(18-21)29(27,23-11-5-3-6-12-23)24-13-7-4-8-14-24/h3-19H,1-2H3. The van der Waals surface area contributed by atoms with Crippen LogP contribution in [0.3, 0.4) is 0 Å². The van der Waals surface area contributed by atoms with Crippen LogP contribution in [0.2, 0.25) is 0 Å². The zero-order valence-electron chi connectivity index (χ0n) is 16.6. The molecular weight excluding hydrogens is 375 g/mol. The monoisotopic (exact) mass is 398 g/mol. The lowest BCUT2D eigenvalue weighted by atomic mass is 10.0. The van der Waals surface area contributed by atoms with Gasteiger partial charge < -0.3 is 9.30 Å². The number of rotatable bonds is 5. The minimum atomic E-state index is -2.98. The van der Waals surface area contributed by atoms with Crippen LogP contribution in [0.25, 0.3) is 11.1 Å². The van der Waals surface area contributed by atoms with Crippen LogP contribution in [-0.2, 0) is 4.57 Å². The lowest BCUT2D eigenvalue weighted by Crippen LogP contribution is -2.25. The topological polar surface area (TPSA) is 26.3 Å². The van der Waals surface area contributed by atoms with Crippen molar-refractivity contribution in [3.8, 4) is 16.9 Å². The second-order valence-electron chi connectivity index (χ2n) is 7.02. The van der Waals surface area contributed by atoms with Crippen molar-refractivity contribution in [3.63, 3.8) is 0 Å². The predicted octanol–water partition coefficient (Wildman–Crippen LogP) is 5.31. The molecule has 0 aliphatic rings. The summed E-state index contributed by atoms with van der Waals surface area (Å²) in [6.45, 7) is 2.03. The van der Waals surface area contributed by atoms with E-state index < -0.39 is 7.14 Å². The van der Waals surface area contributed by atoms with Crippen LogP contribution in [0.15, 0.2) is 103 Å². The number of methoxy groups -OCH3 is 1. The molecule has 4 rings (SSSR count).